The molecule has 2 aromatic carbocycles. The van der Waals surface area contributed by atoms with E-state index < -0.39 is 17.7 Å². The largest absolute Gasteiger partial charge is 0.507 e. The second-order valence-corrected chi connectivity index (χ2v) is 7.90. The summed E-state index contributed by atoms with van der Waals surface area (Å²) >= 11 is 0. The average Bonchev–Trinajstić information content (AvgIpc) is 3.04. The van der Waals surface area contributed by atoms with E-state index in [-0.39, 0.29) is 17.4 Å². The number of aromatic nitrogens is 1. The number of aliphatic hydroxyl groups is 1. The standard InChI is InChI=1S/C26H24N2O4/c1-16(2)32-19-11-8-10-18(15-19)24(29)22-23(20-12-6-7-14-27-20)28(26(31)25(22)30)21-13-5-4-9-17(21)3/h4-16,23,29H,1-3H3/b24-22-. The van der Waals surface area contributed by atoms with Crippen molar-refractivity contribution in [1.82, 2.24) is 4.98 Å². The molecule has 3 aromatic rings. The van der Waals surface area contributed by atoms with Crippen LogP contribution in [-0.2, 0) is 9.59 Å². The van der Waals surface area contributed by atoms with Crippen molar-refractivity contribution in [2.24, 2.45) is 0 Å². The van der Waals surface area contributed by atoms with Crippen molar-refractivity contribution >= 4 is 23.1 Å². The van der Waals surface area contributed by atoms with Gasteiger partial charge in [0, 0.05) is 17.4 Å². The molecule has 1 N–H and O–H groups in total. The highest BCUT2D eigenvalue weighted by atomic mass is 16.5. The van der Waals surface area contributed by atoms with Crippen molar-refractivity contribution in [3.8, 4) is 5.75 Å². The van der Waals surface area contributed by atoms with Crippen LogP contribution >= 0.6 is 0 Å². The van der Waals surface area contributed by atoms with Crippen LogP contribution in [0.3, 0.4) is 0 Å². The Hall–Kier alpha value is -3.93. The Morgan fingerprint density at radius 1 is 1.03 bits per heavy atom. The lowest BCUT2D eigenvalue weighted by atomic mass is 9.98. The predicted octanol–water partition coefficient (Wildman–Crippen LogP) is 4.80. The number of rotatable bonds is 5. The Labute approximate surface area is 186 Å². The molecule has 0 spiro atoms. The average molecular weight is 428 g/mol. The molecule has 0 saturated carbocycles. The third-order valence-electron chi connectivity index (χ3n) is 5.27. The lowest BCUT2D eigenvalue weighted by Crippen LogP contribution is -2.30. The number of nitrogens with zero attached hydrogens (tertiary/aromatic N) is 2. The number of amides is 1. The number of para-hydroxylation sites is 1. The molecular formula is C26H24N2O4. The first kappa shape index (κ1) is 21.3. The molecule has 1 unspecified atom stereocenters. The van der Waals surface area contributed by atoms with Gasteiger partial charge in [-0.2, -0.15) is 0 Å². The summed E-state index contributed by atoms with van der Waals surface area (Å²) in [5.74, 6) is -1.15. The van der Waals surface area contributed by atoms with E-state index in [1.807, 2.05) is 39.0 Å². The molecule has 0 aliphatic carbocycles. The molecule has 2 heterocycles. The van der Waals surface area contributed by atoms with Crippen molar-refractivity contribution in [2.75, 3.05) is 4.90 Å². The summed E-state index contributed by atoms with van der Waals surface area (Å²) in [5, 5.41) is 11.2. The maximum atomic E-state index is 13.2. The number of pyridine rings is 1. The van der Waals surface area contributed by atoms with Crippen LogP contribution in [0, 0.1) is 6.92 Å². The number of ketones is 1. The van der Waals surface area contributed by atoms with Crippen molar-refractivity contribution in [3.05, 3.63) is 95.3 Å². The van der Waals surface area contributed by atoms with Crippen molar-refractivity contribution in [3.63, 3.8) is 0 Å². The SMILES string of the molecule is Cc1ccccc1N1C(=O)C(=O)/C(=C(\O)c2cccc(OC(C)C)c2)C1c1ccccn1. The predicted molar refractivity (Wildman–Crippen MR) is 122 cm³/mol. The van der Waals surface area contributed by atoms with Gasteiger partial charge in [0.25, 0.3) is 11.7 Å². The zero-order chi connectivity index (χ0) is 22.8. The summed E-state index contributed by atoms with van der Waals surface area (Å²) in [5.41, 5.74) is 2.32. The smallest absolute Gasteiger partial charge is 0.300 e. The Kier molecular flexibility index (Phi) is 5.77. The van der Waals surface area contributed by atoms with Gasteiger partial charge in [-0.05, 0) is 56.7 Å². The van der Waals surface area contributed by atoms with E-state index in [0.717, 1.165) is 5.56 Å². The molecule has 1 saturated heterocycles. The molecule has 1 aliphatic rings. The van der Waals surface area contributed by atoms with Crippen molar-refractivity contribution < 1.29 is 19.4 Å². The van der Waals surface area contributed by atoms with Gasteiger partial charge in [-0.3, -0.25) is 19.5 Å². The van der Waals surface area contributed by atoms with E-state index in [2.05, 4.69) is 4.98 Å². The van der Waals surface area contributed by atoms with Crippen molar-refractivity contribution in [2.45, 2.75) is 32.9 Å². The summed E-state index contributed by atoms with van der Waals surface area (Å²) in [7, 11) is 0. The molecule has 1 amide bonds. The number of hydrogen-bond acceptors (Lipinski definition) is 5. The van der Waals surface area contributed by atoms with Crippen molar-refractivity contribution in [1.29, 1.82) is 0 Å². The Balaban J connectivity index is 1.91. The Bertz CT molecular complexity index is 1200. The van der Waals surface area contributed by atoms with E-state index in [1.54, 1.807) is 54.7 Å². The normalized spacial score (nSPS) is 17.8. The minimum atomic E-state index is -0.855. The van der Waals surface area contributed by atoms with Crippen LogP contribution in [0.4, 0.5) is 5.69 Å². The summed E-state index contributed by atoms with van der Waals surface area (Å²) in [6.07, 6.45) is 1.55. The highest BCUT2D eigenvalue weighted by Crippen LogP contribution is 2.42. The maximum absolute atomic E-state index is 13.2. The van der Waals surface area contributed by atoms with Crippen LogP contribution in [0.15, 0.2) is 78.5 Å². The lowest BCUT2D eigenvalue weighted by Gasteiger charge is -2.26. The van der Waals surface area contributed by atoms with Gasteiger partial charge in [0.05, 0.1) is 17.4 Å². The minimum absolute atomic E-state index is 0.00125. The van der Waals surface area contributed by atoms with Gasteiger partial charge < -0.3 is 9.84 Å². The fourth-order valence-corrected chi connectivity index (χ4v) is 3.88. The number of hydrogen-bond donors (Lipinski definition) is 1. The lowest BCUT2D eigenvalue weighted by molar-refractivity contribution is -0.132. The molecule has 6 heteroatoms. The van der Waals surface area contributed by atoms with Gasteiger partial charge in [-0.1, -0.05) is 36.4 Å². The number of Topliss-reactive ketones (excluding diaryl/α,β-unsaturated/α-hetero) is 1. The van der Waals surface area contributed by atoms with E-state index in [1.165, 1.54) is 4.90 Å². The molecular weight excluding hydrogens is 404 g/mol. The molecule has 4 rings (SSSR count). The molecule has 162 valence electrons. The second kappa shape index (κ2) is 8.67. The first-order chi connectivity index (χ1) is 15.4. The van der Waals surface area contributed by atoms with Crippen LogP contribution in [0.25, 0.3) is 5.76 Å². The number of ether oxygens (including phenoxy) is 1. The molecule has 1 atom stereocenters. The number of carbonyl (C=O) groups is 2. The summed E-state index contributed by atoms with van der Waals surface area (Å²) in [6.45, 7) is 5.68. The monoisotopic (exact) mass is 428 g/mol. The van der Waals surface area contributed by atoms with Crippen LogP contribution < -0.4 is 9.64 Å². The maximum Gasteiger partial charge on any atom is 0.300 e. The topological polar surface area (TPSA) is 79.7 Å². The molecule has 32 heavy (non-hydrogen) atoms. The highest BCUT2D eigenvalue weighted by Gasteiger charge is 2.47. The van der Waals surface area contributed by atoms with Crippen LogP contribution in [0.5, 0.6) is 5.75 Å². The van der Waals surface area contributed by atoms with E-state index >= 15 is 0 Å². The minimum Gasteiger partial charge on any atom is -0.507 e. The number of carbonyl (C=O) groups excluding carboxylic acids is 2. The Morgan fingerprint density at radius 2 is 1.78 bits per heavy atom. The molecule has 0 bridgehead atoms. The van der Waals surface area contributed by atoms with Crippen LogP contribution in [-0.4, -0.2) is 27.9 Å². The summed E-state index contributed by atoms with van der Waals surface area (Å²) in [4.78, 5) is 32.2. The number of anilines is 1. The van der Waals surface area contributed by atoms with Gasteiger partial charge in [0.2, 0.25) is 0 Å². The fraction of sp³-hybridized carbons (Fsp3) is 0.192. The van der Waals surface area contributed by atoms with Gasteiger partial charge in [0.1, 0.15) is 17.6 Å². The van der Waals surface area contributed by atoms with Gasteiger partial charge in [0.15, 0.2) is 0 Å². The number of aliphatic hydroxyl groups excluding tert-OH is 1. The van der Waals surface area contributed by atoms with Gasteiger partial charge in [-0.15, -0.1) is 0 Å². The third-order valence-corrected chi connectivity index (χ3v) is 5.27. The number of aryl methyl sites for hydroxylation is 1. The summed E-state index contributed by atoms with van der Waals surface area (Å²) in [6, 6.07) is 18.6. The molecule has 1 fully saturated rings. The first-order valence-corrected chi connectivity index (χ1v) is 10.4. The molecule has 6 nitrogen and oxygen atoms in total. The Morgan fingerprint density at radius 3 is 2.47 bits per heavy atom. The number of benzene rings is 2. The van der Waals surface area contributed by atoms with E-state index in [9.17, 15) is 14.7 Å². The molecule has 1 aromatic heterocycles. The third kappa shape index (κ3) is 3.87. The molecule has 0 radical (unpaired) electrons. The van der Waals surface area contributed by atoms with Crippen LogP contribution in [0.1, 0.15) is 36.7 Å². The van der Waals surface area contributed by atoms with Gasteiger partial charge >= 0.3 is 0 Å². The van der Waals surface area contributed by atoms with E-state index in [4.69, 9.17) is 4.74 Å². The highest BCUT2D eigenvalue weighted by molar-refractivity contribution is 6.51. The second-order valence-electron chi connectivity index (χ2n) is 7.90. The summed E-state index contributed by atoms with van der Waals surface area (Å²) < 4.78 is 5.72. The van der Waals surface area contributed by atoms with E-state index in [0.29, 0.717) is 22.7 Å². The first-order valence-electron chi connectivity index (χ1n) is 10.4. The van der Waals surface area contributed by atoms with Gasteiger partial charge in [-0.25, -0.2) is 0 Å². The van der Waals surface area contributed by atoms with Crippen LogP contribution in [0.2, 0.25) is 0 Å². The molecule has 1 aliphatic heterocycles. The zero-order valence-electron chi connectivity index (χ0n) is 18.1. The quantitative estimate of drug-likeness (QED) is 0.359. The zero-order valence-corrected chi connectivity index (χ0v) is 18.1. The fourth-order valence-electron chi connectivity index (χ4n) is 3.88.